The minimum Gasteiger partial charge on any atom is -0.574 e. The van der Waals surface area contributed by atoms with Gasteiger partial charge in [-0.15, -0.1) is 0 Å². The van der Waals surface area contributed by atoms with Gasteiger partial charge in [0.05, 0.1) is 18.1 Å². The number of nitrogens with one attached hydrogen (secondary N) is 1. The summed E-state index contributed by atoms with van der Waals surface area (Å²) in [5.41, 5.74) is 2.46. The van der Waals surface area contributed by atoms with Crippen molar-refractivity contribution < 1.29 is 33.3 Å². The lowest BCUT2D eigenvalue weighted by Crippen LogP contribution is -2.19. The highest BCUT2D eigenvalue weighted by molar-refractivity contribution is 7.33. The zero-order valence-corrected chi connectivity index (χ0v) is 17.8. The van der Waals surface area contributed by atoms with E-state index in [9.17, 15) is 19.8 Å². The molecule has 0 amide bonds. The smallest absolute Gasteiger partial charge is 0.508 e. The maximum Gasteiger partial charge on any atom is 0.508 e. The summed E-state index contributed by atoms with van der Waals surface area (Å²) in [6.07, 6.45) is -0.771. The molecule has 0 saturated carbocycles. The van der Waals surface area contributed by atoms with Crippen LogP contribution in [-0.2, 0) is 9.47 Å². The number of nitro groups is 1. The van der Waals surface area contributed by atoms with Crippen molar-refractivity contribution in [1.82, 2.24) is 5.43 Å². The molecule has 1 N–H and O–H groups in total. The molecule has 0 fully saturated rings. The number of benzene rings is 2. The van der Waals surface area contributed by atoms with Crippen LogP contribution in [0.25, 0.3) is 0 Å². The van der Waals surface area contributed by atoms with Gasteiger partial charge in [-0.05, 0) is 42.3 Å². The van der Waals surface area contributed by atoms with E-state index in [1.807, 2.05) is 13.8 Å². The van der Waals surface area contributed by atoms with Crippen LogP contribution >= 0.6 is 8.17 Å². The van der Waals surface area contributed by atoms with E-state index in [0.29, 0.717) is 17.2 Å². The van der Waals surface area contributed by atoms with Crippen LogP contribution in [0.5, 0.6) is 17.2 Å². The van der Waals surface area contributed by atoms with Gasteiger partial charge in [-0.1, -0.05) is 13.8 Å². The third-order valence-electron chi connectivity index (χ3n) is 3.41. The lowest BCUT2D eigenvalue weighted by molar-refractivity contribution is -0.384. The van der Waals surface area contributed by atoms with Gasteiger partial charge in [0.15, 0.2) is 5.75 Å². The van der Waals surface area contributed by atoms with Crippen LogP contribution in [0.1, 0.15) is 13.8 Å². The summed E-state index contributed by atoms with van der Waals surface area (Å²) >= 11 is 0. The number of nitrogens with zero attached hydrogens (tertiary/aromatic N) is 2. The number of carbonyl (C=O) groups is 1. The standard InChI is InChI=1S/C19H22N3O8P/c1-14(2)13-28-19(23)27-12-11-20-21-31(26)30-18-9-7-17(8-10-18)29-16-5-3-15(4-6-16)22(24)25/h3-10,14,20H,11-13H2,1-2H3. The summed E-state index contributed by atoms with van der Waals surface area (Å²) in [7, 11) is -2.38. The molecule has 11 nitrogen and oxygen atoms in total. The van der Waals surface area contributed by atoms with E-state index in [2.05, 4.69) is 10.3 Å². The van der Waals surface area contributed by atoms with Crippen molar-refractivity contribution in [3.8, 4) is 17.2 Å². The predicted octanol–water partition coefficient (Wildman–Crippen LogP) is 3.94. The summed E-state index contributed by atoms with van der Waals surface area (Å²) in [5, 5.41) is 10.7. The molecule has 0 bridgehead atoms. The summed E-state index contributed by atoms with van der Waals surface area (Å²) in [6, 6.07) is 11.9. The van der Waals surface area contributed by atoms with Gasteiger partial charge in [0.25, 0.3) is 5.69 Å². The molecule has 12 heteroatoms. The number of ether oxygens (including phenoxy) is 3. The van der Waals surface area contributed by atoms with Gasteiger partial charge in [0.1, 0.15) is 18.1 Å². The third-order valence-corrected chi connectivity index (χ3v) is 4.08. The molecule has 0 aliphatic carbocycles. The number of hydrogen-bond acceptors (Lipinski definition) is 9. The highest BCUT2D eigenvalue weighted by Crippen LogP contribution is 2.28. The Bertz CT molecular complexity index is 888. The Morgan fingerprint density at radius 1 is 1.06 bits per heavy atom. The van der Waals surface area contributed by atoms with E-state index < -0.39 is 19.2 Å². The van der Waals surface area contributed by atoms with E-state index in [1.54, 1.807) is 12.1 Å². The van der Waals surface area contributed by atoms with Crippen LogP contribution in [0.15, 0.2) is 53.4 Å². The molecule has 0 aromatic heterocycles. The number of rotatable bonds is 11. The van der Waals surface area contributed by atoms with Crippen molar-refractivity contribution in [3.05, 3.63) is 58.6 Å². The van der Waals surface area contributed by atoms with Crippen molar-refractivity contribution in [2.75, 3.05) is 19.8 Å². The summed E-state index contributed by atoms with van der Waals surface area (Å²) < 4.78 is 20.4. The first-order valence-corrected chi connectivity index (χ1v) is 10.4. The van der Waals surface area contributed by atoms with Crippen LogP contribution < -0.4 is 19.6 Å². The van der Waals surface area contributed by atoms with Gasteiger partial charge in [0, 0.05) is 17.0 Å². The van der Waals surface area contributed by atoms with Crippen LogP contribution in [-0.4, -0.2) is 30.8 Å². The van der Waals surface area contributed by atoms with E-state index >= 15 is 0 Å². The van der Waals surface area contributed by atoms with Gasteiger partial charge < -0.3 is 19.1 Å². The normalized spacial score (nSPS) is 11.2. The fraction of sp³-hybridized carbons (Fsp3) is 0.316. The van der Waals surface area contributed by atoms with Crippen molar-refractivity contribution in [1.29, 1.82) is 0 Å². The number of nitro benzene ring substituents is 1. The lowest BCUT2D eigenvalue weighted by Gasteiger charge is -2.07. The molecule has 166 valence electrons. The summed E-state index contributed by atoms with van der Waals surface area (Å²) in [5.74, 6) is 1.41. The van der Waals surface area contributed by atoms with Crippen molar-refractivity contribution in [2.24, 2.45) is 10.8 Å². The van der Waals surface area contributed by atoms with Crippen LogP contribution in [0.2, 0.25) is 0 Å². The van der Waals surface area contributed by atoms with Crippen LogP contribution in [0, 0.1) is 16.0 Å². The SMILES string of the molecule is CC(C)COC(=O)OCCN/N=[P+](\[O-])Oc1ccc(Oc2ccc([N+](=O)[O-])cc2)cc1. The Balaban J connectivity index is 1.72. The Morgan fingerprint density at radius 3 is 2.23 bits per heavy atom. The number of non-ortho nitro benzene ring substituents is 1. The van der Waals surface area contributed by atoms with E-state index in [4.69, 9.17) is 18.7 Å². The number of carbonyl (C=O) groups excluding carboxylic acids is 1. The molecule has 0 aliphatic rings. The second-order valence-electron chi connectivity index (χ2n) is 6.47. The molecule has 0 radical (unpaired) electrons. The van der Waals surface area contributed by atoms with E-state index in [1.165, 1.54) is 36.4 Å². The molecule has 31 heavy (non-hydrogen) atoms. The topological polar surface area (TPSA) is 145 Å². The van der Waals surface area contributed by atoms with Crippen LogP contribution in [0.3, 0.4) is 0 Å². The van der Waals surface area contributed by atoms with Crippen LogP contribution in [0.4, 0.5) is 10.5 Å². The van der Waals surface area contributed by atoms with Gasteiger partial charge >= 0.3 is 14.3 Å². The fourth-order valence-corrected chi connectivity index (χ4v) is 2.57. The highest BCUT2D eigenvalue weighted by atomic mass is 31.1. The van der Waals surface area contributed by atoms with E-state index in [-0.39, 0.29) is 31.4 Å². The molecule has 1 atom stereocenters. The van der Waals surface area contributed by atoms with Gasteiger partial charge in [0.2, 0.25) is 0 Å². The monoisotopic (exact) mass is 451 g/mol. The Labute approximate surface area is 179 Å². The Hall–Kier alpha value is -3.27. The number of hydrogen-bond donors (Lipinski definition) is 1. The molecule has 0 heterocycles. The second kappa shape index (κ2) is 12.4. The lowest BCUT2D eigenvalue weighted by atomic mass is 10.2. The first-order chi connectivity index (χ1) is 14.8. The predicted molar refractivity (Wildman–Crippen MR) is 110 cm³/mol. The quantitative estimate of drug-likeness (QED) is 0.176. The first kappa shape index (κ1) is 24.0. The minimum absolute atomic E-state index is 0.00170. The summed E-state index contributed by atoms with van der Waals surface area (Å²) in [6.45, 7) is 4.23. The molecule has 0 saturated heterocycles. The molecule has 2 aromatic rings. The maximum absolute atomic E-state index is 11.8. The van der Waals surface area contributed by atoms with E-state index in [0.717, 1.165) is 0 Å². The Morgan fingerprint density at radius 2 is 1.65 bits per heavy atom. The molecular weight excluding hydrogens is 429 g/mol. The zero-order valence-electron chi connectivity index (χ0n) is 16.9. The molecular formula is C19H22N3O8P. The maximum atomic E-state index is 11.8. The molecule has 1 unspecified atom stereocenters. The summed E-state index contributed by atoms with van der Waals surface area (Å²) in [4.78, 5) is 36.9. The van der Waals surface area contributed by atoms with Crippen molar-refractivity contribution >= 4 is 20.0 Å². The van der Waals surface area contributed by atoms with Crippen molar-refractivity contribution in [2.45, 2.75) is 13.8 Å². The third kappa shape index (κ3) is 9.39. The van der Waals surface area contributed by atoms with Gasteiger partial charge in [-0.3, -0.25) is 14.6 Å². The first-order valence-electron chi connectivity index (χ1n) is 9.24. The van der Waals surface area contributed by atoms with Gasteiger partial charge in [-0.25, -0.2) is 4.79 Å². The van der Waals surface area contributed by atoms with Crippen molar-refractivity contribution in [3.63, 3.8) is 0 Å². The largest absolute Gasteiger partial charge is 0.574 e. The Kier molecular flexibility index (Phi) is 9.63. The average Bonchev–Trinajstić information content (AvgIpc) is 2.74. The highest BCUT2D eigenvalue weighted by Gasteiger charge is 2.08. The molecule has 0 aliphatic heterocycles. The van der Waals surface area contributed by atoms with Gasteiger partial charge in [-0.2, -0.15) is 5.43 Å². The molecule has 2 rings (SSSR count). The fourth-order valence-electron chi connectivity index (χ4n) is 2.02. The second-order valence-corrected chi connectivity index (χ2v) is 7.32. The zero-order chi connectivity index (χ0) is 22.6. The minimum atomic E-state index is -2.38. The average molecular weight is 451 g/mol. The molecule has 0 spiro atoms. The molecule has 2 aromatic carbocycles.